The third kappa shape index (κ3) is 2.86. The SMILES string of the molecule is COc1cc2ccccc2cc1C(=O)NC1CC(C2CCNC2)C1. The third-order valence-electron chi connectivity index (χ3n) is 5.59. The van der Waals surface area contributed by atoms with Gasteiger partial charge in [-0.3, -0.25) is 4.79 Å². The van der Waals surface area contributed by atoms with E-state index in [0.717, 1.165) is 48.5 Å². The van der Waals surface area contributed by atoms with Gasteiger partial charge in [-0.05, 0) is 67.1 Å². The van der Waals surface area contributed by atoms with Gasteiger partial charge in [0.05, 0.1) is 12.7 Å². The summed E-state index contributed by atoms with van der Waals surface area (Å²) in [5.74, 6) is 2.19. The Hall–Kier alpha value is -2.07. The Balaban J connectivity index is 1.45. The zero-order valence-corrected chi connectivity index (χ0v) is 14.0. The number of nitrogens with one attached hydrogen (secondary N) is 2. The molecular weight excluding hydrogens is 300 g/mol. The quantitative estimate of drug-likeness (QED) is 0.909. The summed E-state index contributed by atoms with van der Waals surface area (Å²) in [7, 11) is 1.62. The number of benzene rings is 2. The molecule has 2 aromatic rings. The molecule has 1 saturated heterocycles. The second-order valence-electron chi connectivity index (χ2n) is 7.05. The zero-order valence-electron chi connectivity index (χ0n) is 14.0. The van der Waals surface area contributed by atoms with Gasteiger partial charge in [0.1, 0.15) is 5.75 Å². The van der Waals surface area contributed by atoms with Gasteiger partial charge in [0, 0.05) is 6.04 Å². The summed E-state index contributed by atoms with van der Waals surface area (Å²) in [4.78, 5) is 12.7. The molecule has 24 heavy (non-hydrogen) atoms. The molecule has 2 fully saturated rings. The number of hydrogen-bond acceptors (Lipinski definition) is 3. The molecule has 4 heteroatoms. The van der Waals surface area contributed by atoms with Crippen LogP contribution in [0.3, 0.4) is 0 Å². The van der Waals surface area contributed by atoms with Crippen molar-refractivity contribution in [3.63, 3.8) is 0 Å². The van der Waals surface area contributed by atoms with Crippen LogP contribution in [0.4, 0.5) is 0 Å². The molecule has 1 atom stereocenters. The van der Waals surface area contributed by atoms with Gasteiger partial charge in [-0.25, -0.2) is 0 Å². The van der Waals surface area contributed by atoms with Gasteiger partial charge in [-0.2, -0.15) is 0 Å². The highest BCUT2D eigenvalue weighted by Gasteiger charge is 2.37. The van der Waals surface area contributed by atoms with Gasteiger partial charge in [-0.1, -0.05) is 24.3 Å². The van der Waals surface area contributed by atoms with E-state index in [4.69, 9.17) is 4.74 Å². The Labute approximate surface area is 142 Å². The van der Waals surface area contributed by atoms with Crippen molar-refractivity contribution in [3.8, 4) is 5.75 Å². The maximum Gasteiger partial charge on any atom is 0.255 e. The van der Waals surface area contributed by atoms with E-state index in [0.29, 0.717) is 17.4 Å². The number of ether oxygens (including phenoxy) is 1. The molecule has 1 unspecified atom stereocenters. The van der Waals surface area contributed by atoms with Gasteiger partial charge in [0.2, 0.25) is 0 Å². The summed E-state index contributed by atoms with van der Waals surface area (Å²) < 4.78 is 5.44. The van der Waals surface area contributed by atoms with Crippen molar-refractivity contribution >= 4 is 16.7 Å². The number of fused-ring (bicyclic) bond motifs is 1. The van der Waals surface area contributed by atoms with E-state index in [-0.39, 0.29) is 5.91 Å². The minimum absolute atomic E-state index is 0.0226. The number of carbonyl (C=O) groups is 1. The number of carbonyl (C=O) groups excluding carboxylic acids is 1. The normalized spacial score (nSPS) is 26.1. The highest BCUT2D eigenvalue weighted by atomic mass is 16.5. The highest BCUT2D eigenvalue weighted by Crippen LogP contribution is 2.37. The maximum atomic E-state index is 12.7. The van der Waals surface area contributed by atoms with E-state index < -0.39 is 0 Å². The number of rotatable bonds is 4. The highest BCUT2D eigenvalue weighted by molar-refractivity contribution is 6.01. The molecule has 1 amide bonds. The smallest absolute Gasteiger partial charge is 0.255 e. The van der Waals surface area contributed by atoms with E-state index >= 15 is 0 Å². The summed E-state index contributed by atoms with van der Waals surface area (Å²) in [5.41, 5.74) is 0.627. The monoisotopic (exact) mass is 324 g/mol. The van der Waals surface area contributed by atoms with Crippen LogP contribution in [0.25, 0.3) is 10.8 Å². The van der Waals surface area contributed by atoms with Crippen molar-refractivity contribution in [3.05, 3.63) is 42.0 Å². The predicted octanol–water partition coefficient (Wildman–Crippen LogP) is 2.97. The van der Waals surface area contributed by atoms with Crippen LogP contribution in [0.2, 0.25) is 0 Å². The minimum Gasteiger partial charge on any atom is -0.496 e. The molecule has 1 heterocycles. The summed E-state index contributed by atoms with van der Waals surface area (Å²) >= 11 is 0. The molecule has 1 aliphatic carbocycles. The molecule has 126 valence electrons. The summed E-state index contributed by atoms with van der Waals surface area (Å²) in [6.45, 7) is 2.29. The van der Waals surface area contributed by atoms with Crippen molar-refractivity contribution in [2.75, 3.05) is 20.2 Å². The number of hydrogen-bond donors (Lipinski definition) is 2. The fourth-order valence-corrected chi connectivity index (χ4v) is 4.07. The molecule has 0 bridgehead atoms. The minimum atomic E-state index is -0.0226. The zero-order chi connectivity index (χ0) is 16.5. The van der Waals surface area contributed by atoms with Crippen molar-refractivity contribution in [2.24, 2.45) is 11.8 Å². The average molecular weight is 324 g/mol. The van der Waals surface area contributed by atoms with E-state index in [1.165, 1.54) is 6.42 Å². The van der Waals surface area contributed by atoms with Crippen molar-refractivity contribution in [1.82, 2.24) is 10.6 Å². The lowest BCUT2D eigenvalue weighted by molar-refractivity contribution is 0.0853. The molecule has 2 aromatic carbocycles. The molecular formula is C20H24N2O2. The lowest BCUT2D eigenvalue weighted by Gasteiger charge is -2.39. The maximum absolute atomic E-state index is 12.7. The summed E-state index contributed by atoms with van der Waals surface area (Å²) in [6, 6.07) is 12.2. The first-order chi connectivity index (χ1) is 11.7. The Morgan fingerprint density at radius 1 is 1.17 bits per heavy atom. The summed E-state index contributed by atoms with van der Waals surface area (Å²) in [6.07, 6.45) is 3.49. The molecule has 0 radical (unpaired) electrons. The van der Waals surface area contributed by atoms with Crippen molar-refractivity contribution in [1.29, 1.82) is 0 Å². The van der Waals surface area contributed by atoms with Crippen LogP contribution in [0.5, 0.6) is 5.75 Å². The van der Waals surface area contributed by atoms with Crippen LogP contribution >= 0.6 is 0 Å². The second kappa shape index (κ2) is 6.44. The van der Waals surface area contributed by atoms with E-state index in [1.807, 2.05) is 36.4 Å². The Kier molecular flexibility index (Phi) is 4.15. The molecule has 4 nitrogen and oxygen atoms in total. The van der Waals surface area contributed by atoms with E-state index in [2.05, 4.69) is 10.6 Å². The Bertz CT molecular complexity index is 746. The van der Waals surface area contributed by atoms with Crippen LogP contribution < -0.4 is 15.4 Å². The first kappa shape index (κ1) is 15.5. The van der Waals surface area contributed by atoms with E-state index in [1.54, 1.807) is 7.11 Å². The second-order valence-corrected chi connectivity index (χ2v) is 7.05. The lowest BCUT2D eigenvalue weighted by atomic mass is 9.72. The molecule has 1 aliphatic heterocycles. The van der Waals surface area contributed by atoms with Crippen LogP contribution in [0, 0.1) is 11.8 Å². The molecule has 4 rings (SSSR count). The average Bonchev–Trinajstić information content (AvgIpc) is 3.10. The Morgan fingerprint density at radius 2 is 1.92 bits per heavy atom. The summed E-state index contributed by atoms with van der Waals surface area (Å²) in [5, 5.41) is 8.77. The molecule has 0 aromatic heterocycles. The fraction of sp³-hybridized carbons (Fsp3) is 0.450. The van der Waals surface area contributed by atoms with Crippen LogP contribution in [-0.2, 0) is 0 Å². The largest absolute Gasteiger partial charge is 0.496 e. The van der Waals surface area contributed by atoms with Crippen LogP contribution in [-0.4, -0.2) is 32.1 Å². The fourth-order valence-electron chi connectivity index (χ4n) is 4.07. The third-order valence-corrected chi connectivity index (χ3v) is 5.59. The molecule has 2 aliphatic rings. The molecule has 2 N–H and O–H groups in total. The van der Waals surface area contributed by atoms with Crippen molar-refractivity contribution < 1.29 is 9.53 Å². The van der Waals surface area contributed by atoms with Gasteiger partial charge in [0.15, 0.2) is 0 Å². The van der Waals surface area contributed by atoms with Crippen LogP contribution in [0.15, 0.2) is 36.4 Å². The van der Waals surface area contributed by atoms with E-state index in [9.17, 15) is 4.79 Å². The molecule has 1 saturated carbocycles. The van der Waals surface area contributed by atoms with Gasteiger partial charge >= 0.3 is 0 Å². The molecule has 0 spiro atoms. The van der Waals surface area contributed by atoms with Gasteiger partial charge in [-0.15, -0.1) is 0 Å². The number of methoxy groups -OCH3 is 1. The van der Waals surface area contributed by atoms with Gasteiger partial charge in [0.25, 0.3) is 5.91 Å². The first-order valence-corrected chi connectivity index (χ1v) is 8.83. The Morgan fingerprint density at radius 3 is 2.58 bits per heavy atom. The number of amides is 1. The standard InChI is InChI=1S/C20H24N2O2/c1-24-19-11-14-5-3-2-4-13(14)10-18(19)20(23)22-17-8-16(9-17)15-6-7-21-12-15/h2-5,10-11,15-17,21H,6-9,12H2,1H3,(H,22,23). The lowest BCUT2D eigenvalue weighted by Crippen LogP contribution is -2.46. The van der Waals surface area contributed by atoms with Gasteiger partial charge < -0.3 is 15.4 Å². The van der Waals surface area contributed by atoms with Crippen LogP contribution in [0.1, 0.15) is 29.6 Å². The van der Waals surface area contributed by atoms with Crippen molar-refractivity contribution in [2.45, 2.75) is 25.3 Å². The predicted molar refractivity (Wildman–Crippen MR) is 95.5 cm³/mol. The first-order valence-electron chi connectivity index (χ1n) is 8.83. The topological polar surface area (TPSA) is 50.4 Å².